The predicted molar refractivity (Wildman–Crippen MR) is 71.9 cm³/mol. The van der Waals surface area contributed by atoms with Crippen molar-refractivity contribution in [2.24, 2.45) is 0 Å². The first-order valence-electron chi connectivity index (χ1n) is 5.73. The van der Waals surface area contributed by atoms with Gasteiger partial charge in [0.1, 0.15) is 41.4 Å². The molecule has 0 bridgehead atoms. The number of nitrogens with zero attached hydrogens (tertiary/aromatic N) is 2. The third-order valence-electron chi connectivity index (χ3n) is 2.29. The van der Waals surface area contributed by atoms with Gasteiger partial charge in [-0.05, 0) is 18.6 Å². The summed E-state index contributed by atoms with van der Waals surface area (Å²) in [5, 5.41) is 18.3. The van der Waals surface area contributed by atoms with Gasteiger partial charge in [0.05, 0.1) is 6.61 Å². The smallest absolute Gasteiger partial charge is 0.139 e. The lowest BCUT2D eigenvalue weighted by atomic mass is 10.1. The Labute approximate surface area is 112 Å². The fraction of sp³-hybridized carbons (Fsp3) is 0.200. The summed E-state index contributed by atoms with van der Waals surface area (Å²) < 4.78 is 10.8. The molecule has 0 fully saturated rings. The Morgan fingerprint density at radius 2 is 1.58 bits per heavy atom. The van der Waals surface area contributed by atoms with Gasteiger partial charge in [-0.2, -0.15) is 10.5 Å². The molecular weight excluding hydrogens is 240 g/mol. The second kappa shape index (κ2) is 7.58. The maximum absolute atomic E-state index is 9.16. The second-order valence-corrected chi connectivity index (χ2v) is 3.56. The first-order valence-corrected chi connectivity index (χ1v) is 5.73. The second-order valence-electron chi connectivity index (χ2n) is 3.56. The van der Waals surface area contributed by atoms with Crippen LogP contribution >= 0.6 is 0 Å². The van der Waals surface area contributed by atoms with Crippen LogP contribution in [0.15, 0.2) is 37.4 Å². The van der Waals surface area contributed by atoms with Crippen molar-refractivity contribution in [2.45, 2.75) is 6.42 Å². The lowest BCUT2D eigenvalue weighted by Gasteiger charge is -2.11. The highest BCUT2D eigenvalue weighted by Crippen LogP contribution is 2.29. The molecule has 0 heterocycles. The van der Waals surface area contributed by atoms with Crippen LogP contribution in [0.4, 0.5) is 0 Å². The minimum atomic E-state index is 0.181. The number of ether oxygens (including phenoxy) is 2. The van der Waals surface area contributed by atoms with Gasteiger partial charge < -0.3 is 9.47 Å². The Morgan fingerprint density at radius 1 is 1.00 bits per heavy atom. The van der Waals surface area contributed by atoms with Crippen LogP contribution in [-0.2, 0) is 0 Å². The van der Waals surface area contributed by atoms with E-state index in [1.807, 2.05) is 12.1 Å². The van der Waals surface area contributed by atoms with Crippen LogP contribution in [0.3, 0.4) is 0 Å². The Balaban J connectivity index is 3.09. The van der Waals surface area contributed by atoms with Crippen molar-refractivity contribution in [3.63, 3.8) is 0 Å². The molecule has 0 aliphatic rings. The number of nitriles is 2. The summed E-state index contributed by atoms with van der Waals surface area (Å²) in [7, 11) is 0. The SMILES string of the molecule is C=CCCOc1ccc(OCC=C)c(C#N)c1C#N. The molecular formula is C15H14N2O2. The Hall–Kier alpha value is -2.72. The van der Waals surface area contributed by atoms with Crippen molar-refractivity contribution in [1.29, 1.82) is 10.5 Å². The highest BCUT2D eigenvalue weighted by molar-refractivity contribution is 5.60. The Bertz CT molecular complexity index is 550. The molecule has 0 atom stereocenters. The first-order chi connectivity index (χ1) is 9.28. The molecule has 0 aromatic heterocycles. The molecule has 4 heteroatoms. The van der Waals surface area contributed by atoms with E-state index in [0.717, 1.165) is 0 Å². The highest BCUT2D eigenvalue weighted by Gasteiger charge is 2.15. The normalized spacial score (nSPS) is 8.95. The monoisotopic (exact) mass is 254 g/mol. The molecule has 1 rings (SSSR count). The Kier molecular flexibility index (Phi) is 5.72. The minimum absolute atomic E-state index is 0.181. The molecule has 1 aromatic rings. The van der Waals surface area contributed by atoms with Gasteiger partial charge in [-0.25, -0.2) is 0 Å². The van der Waals surface area contributed by atoms with Gasteiger partial charge in [-0.1, -0.05) is 18.7 Å². The molecule has 0 spiro atoms. The van der Waals surface area contributed by atoms with Gasteiger partial charge in [0.2, 0.25) is 0 Å². The zero-order chi connectivity index (χ0) is 14.1. The van der Waals surface area contributed by atoms with E-state index in [4.69, 9.17) is 20.0 Å². The van der Waals surface area contributed by atoms with Gasteiger partial charge in [0.25, 0.3) is 0 Å². The van der Waals surface area contributed by atoms with Gasteiger partial charge in [-0.15, -0.1) is 6.58 Å². The van der Waals surface area contributed by atoms with Gasteiger partial charge >= 0.3 is 0 Å². The van der Waals surface area contributed by atoms with E-state index in [1.54, 1.807) is 24.3 Å². The first kappa shape index (κ1) is 14.3. The van der Waals surface area contributed by atoms with Crippen LogP contribution < -0.4 is 9.47 Å². The molecule has 0 aliphatic carbocycles. The molecule has 1 aromatic carbocycles. The van der Waals surface area contributed by atoms with E-state index < -0.39 is 0 Å². The topological polar surface area (TPSA) is 66.0 Å². The number of hydrogen-bond acceptors (Lipinski definition) is 4. The molecule has 0 aliphatic heterocycles. The predicted octanol–water partition coefficient (Wildman–Crippen LogP) is 2.95. The van der Waals surface area contributed by atoms with Gasteiger partial charge in [0.15, 0.2) is 0 Å². The van der Waals surface area contributed by atoms with Crippen LogP contribution in [0.2, 0.25) is 0 Å². The molecule has 0 amide bonds. The molecule has 19 heavy (non-hydrogen) atoms. The zero-order valence-corrected chi connectivity index (χ0v) is 10.6. The Morgan fingerprint density at radius 3 is 2.05 bits per heavy atom. The zero-order valence-electron chi connectivity index (χ0n) is 10.6. The summed E-state index contributed by atoms with van der Waals surface area (Å²) in [6.07, 6.45) is 3.96. The average molecular weight is 254 g/mol. The average Bonchev–Trinajstić information content (AvgIpc) is 2.45. The summed E-state index contributed by atoms with van der Waals surface area (Å²) >= 11 is 0. The third kappa shape index (κ3) is 3.62. The van der Waals surface area contributed by atoms with Crippen molar-refractivity contribution in [3.05, 3.63) is 48.6 Å². The largest absolute Gasteiger partial charge is 0.492 e. The van der Waals surface area contributed by atoms with Gasteiger partial charge in [0, 0.05) is 0 Å². The maximum Gasteiger partial charge on any atom is 0.139 e. The molecule has 0 saturated carbocycles. The third-order valence-corrected chi connectivity index (χ3v) is 2.29. The number of benzene rings is 1. The van der Waals surface area contributed by atoms with Crippen LogP contribution in [0.5, 0.6) is 11.5 Å². The van der Waals surface area contributed by atoms with Crippen molar-refractivity contribution in [2.75, 3.05) is 13.2 Å². The molecule has 0 radical (unpaired) electrons. The maximum atomic E-state index is 9.16. The molecule has 4 nitrogen and oxygen atoms in total. The van der Waals surface area contributed by atoms with Crippen LogP contribution in [0.1, 0.15) is 17.5 Å². The van der Waals surface area contributed by atoms with Crippen molar-refractivity contribution < 1.29 is 9.47 Å². The number of hydrogen-bond donors (Lipinski definition) is 0. The molecule has 0 N–H and O–H groups in total. The van der Waals surface area contributed by atoms with Crippen molar-refractivity contribution in [1.82, 2.24) is 0 Å². The van der Waals surface area contributed by atoms with Crippen molar-refractivity contribution >= 4 is 0 Å². The lowest BCUT2D eigenvalue weighted by Crippen LogP contribution is -2.02. The standard InChI is InChI=1S/C15H14N2O2/c1-3-5-9-19-15-7-6-14(18-8-4-2)12(10-16)13(15)11-17/h3-4,6-7H,1-2,5,8-9H2. The summed E-state index contributed by atoms with van der Waals surface area (Å²) in [4.78, 5) is 0. The summed E-state index contributed by atoms with van der Waals surface area (Å²) in [5.41, 5.74) is 0.369. The lowest BCUT2D eigenvalue weighted by molar-refractivity contribution is 0.321. The molecule has 96 valence electrons. The van der Waals surface area contributed by atoms with E-state index in [-0.39, 0.29) is 17.7 Å². The van der Waals surface area contributed by atoms with E-state index in [0.29, 0.717) is 24.5 Å². The van der Waals surface area contributed by atoms with Gasteiger partial charge in [-0.3, -0.25) is 0 Å². The van der Waals surface area contributed by atoms with Crippen LogP contribution in [0.25, 0.3) is 0 Å². The highest BCUT2D eigenvalue weighted by atomic mass is 16.5. The fourth-order valence-electron chi connectivity index (χ4n) is 1.43. The summed E-state index contributed by atoms with van der Waals surface area (Å²) in [6.45, 7) is 7.81. The van der Waals surface area contributed by atoms with Crippen LogP contribution in [0, 0.1) is 22.7 Å². The quantitative estimate of drug-likeness (QED) is 0.554. The fourth-order valence-corrected chi connectivity index (χ4v) is 1.43. The van der Waals surface area contributed by atoms with E-state index in [2.05, 4.69) is 13.2 Å². The molecule has 0 unspecified atom stereocenters. The van der Waals surface area contributed by atoms with Crippen molar-refractivity contribution in [3.8, 4) is 23.6 Å². The van der Waals surface area contributed by atoms with Crippen LogP contribution in [-0.4, -0.2) is 13.2 Å². The summed E-state index contributed by atoms with van der Waals surface area (Å²) in [5.74, 6) is 0.738. The van der Waals surface area contributed by atoms with E-state index in [1.165, 1.54) is 0 Å². The number of rotatable bonds is 7. The van der Waals surface area contributed by atoms with E-state index in [9.17, 15) is 0 Å². The summed E-state index contributed by atoms with van der Waals surface area (Å²) in [6, 6.07) is 7.20. The minimum Gasteiger partial charge on any atom is -0.492 e. The molecule has 0 saturated heterocycles. The van der Waals surface area contributed by atoms with E-state index >= 15 is 0 Å².